The first-order chi connectivity index (χ1) is 5.74. The van der Waals surface area contributed by atoms with Crippen molar-refractivity contribution in [2.45, 2.75) is 51.2 Å². The fourth-order valence-corrected chi connectivity index (χ4v) is 1.43. The van der Waals surface area contributed by atoms with E-state index >= 15 is 0 Å². The third kappa shape index (κ3) is 2.48. The first-order valence-corrected chi connectivity index (χ1v) is 4.62. The van der Waals surface area contributed by atoms with Gasteiger partial charge >= 0.3 is 5.97 Å². The first kappa shape index (κ1) is 9.52. The lowest BCUT2D eigenvalue weighted by atomic mass is 10.1. The molecule has 1 heterocycles. The molecule has 2 unspecified atom stereocenters. The number of esters is 1. The number of rotatable bonds is 4. The van der Waals surface area contributed by atoms with E-state index in [4.69, 9.17) is 9.84 Å². The topological polar surface area (TPSA) is 46.5 Å². The monoisotopic (exact) mass is 172 g/mol. The van der Waals surface area contributed by atoms with E-state index in [1.807, 2.05) is 0 Å². The Bertz CT molecular complexity index is 156. The van der Waals surface area contributed by atoms with E-state index in [2.05, 4.69) is 6.92 Å². The fourth-order valence-electron chi connectivity index (χ4n) is 1.43. The van der Waals surface area contributed by atoms with Gasteiger partial charge in [-0.15, -0.1) is 0 Å². The molecule has 1 N–H and O–H groups in total. The van der Waals surface area contributed by atoms with Crippen molar-refractivity contribution in [3.63, 3.8) is 0 Å². The Labute approximate surface area is 72.7 Å². The maximum atomic E-state index is 10.7. The minimum atomic E-state index is -0.864. The Morgan fingerprint density at radius 1 is 1.58 bits per heavy atom. The lowest BCUT2D eigenvalue weighted by molar-refractivity contribution is -0.147. The summed E-state index contributed by atoms with van der Waals surface area (Å²) in [6.45, 7) is 2.13. The maximum absolute atomic E-state index is 10.7. The van der Waals surface area contributed by atoms with Gasteiger partial charge in [0.25, 0.3) is 0 Å². The lowest BCUT2D eigenvalue weighted by Gasteiger charge is -2.06. The van der Waals surface area contributed by atoms with Crippen LogP contribution in [0.3, 0.4) is 0 Å². The Kier molecular flexibility index (Phi) is 3.53. The van der Waals surface area contributed by atoms with Crippen molar-refractivity contribution < 1.29 is 14.6 Å². The largest absolute Gasteiger partial charge is 0.460 e. The molecule has 0 aromatic carbocycles. The van der Waals surface area contributed by atoms with E-state index in [-0.39, 0.29) is 6.10 Å². The van der Waals surface area contributed by atoms with E-state index in [0.717, 1.165) is 12.8 Å². The number of cyclic esters (lactones) is 1. The Hall–Kier alpha value is -0.570. The van der Waals surface area contributed by atoms with Gasteiger partial charge in [-0.05, 0) is 12.8 Å². The van der Waals surface area contributed by atoms with Crippen LogP contribution in [0.4, 0.5) is 0 Å². The minimum absolute atomic E-state index is 0.0287. The molecule has 3 heteroatoms. The fraction of sp³-hybridized carbons (Fsp3) is 0.889. The zero-order valence-corrected chi connectivity index (χ0v) is 7.45. The van der Waals surface area contributed by atoms with Crippen LogP contribution >= 0.6 is 0 Å². The Morgan fingerprint density at radius 2 is 2.33 bits per heavy atom. The molecule has 0 spiro atoms. The predicted molar refractivity (Wildman–Crippen MR) is 44.6 cm³/mol. The van der Waals surface area contributed by atoms with Gasteiger partial charge in [-0.25, -0.2) is 4.79 Å². The van der Waals surface area contributed by atoms with Gasteiger partial charge in [-0.1, -0.05) is 19.8 Å². The zero-order chi connectivity index (χ0) is 8.97. The summed E-state index contributed by atoms with van der Waals surface area (Å²) in [5.74, 6) is -0.448. The number of aliphatic hydroxyl groups is 1. The smallest absolute Gasteiger partial charge is 0.335 e. The molecule has 12 heavy (non-hydrogen) atoms. The zero-order valence-electron chi connectivity index (χ0n) is 7.45. The van der Waals surface area contributed by atoms with Crippen molar-refractivity contribution in [2.24, 2.45) is 0 Å². The summed E-state index contributed by atoms with van der Waals surface area (Å²) in [6, 6.07) is 0. The van der Waals surface area contributed by atoms with Crippen molar-refractivity contribution in [1.29, 1.82) is 0 Å². The van der Waals surface area contributed by atoms with Crippen LogP contribution in [0.1, 0.15) is 39.0 Å². The summed E-state index contributed by atoms with van der Waals surface area (Å²) < 4.78 is 4.93. The Balaban J connectivity index is 2.14. The average Bonchev–Trinajstić information content (AvgIpc) is 2.32. The number of ether oxygens (including phenoxy) is 1. The molecule has 3 nitrogen and oxygen atoms in total. The van der Waals surface area contributed by atoms with Gasteiger partial charge in [0.1, 0.15) is 6.10 Å². The second-order valence-corrected chi connectivity index (χ2v) is 3.31. The van der Waals surface area contributed by atoms with Gasteiger partial charge in [0.05, 0.1) is 0 Å². The van der Waals surface area contributed by atoms with Crippen LogP contribution < -0.4 is 0 Å². The summed E-state index contributed by atoms with van der Waals surface area (Å²) >= 11 is 0. The quantitative estimate of drug-likeness (QED) is 0.512. The molecule has 0 aromatic heterocycles. The highest BCUT2D eigenvalue weighted by molar-refractivity contribution is 5.76. The maximum Gasteiger partial charge on any atom is 0.335 e. The molecule has 0 amide bonds. The highest BCUT2D eigenvalue weighted by atomic mass is 16.6. The van der Waals surface area contributed by atoms with Crippen LogP contribution in [-0.4, -0.2) is 23.3 Å². The van der Waals surface area contributed by atoms with Crippen LogP contribution in [0.15, 0.2) is 0 Å². The molecule has 1 aliphatic rings. The molecule has 70 valence electrons. The SMILES string of the molecule is CCCCCC1CC(O)C(=O)O1. The molecule has 0 aromatic rings. The van der Waals surface area contributed by atoms with Gasteiger partial charge in [-0.2, -0.15) is 0 Å². The Morgan fingerprint density at radius 3 is 2.83 bits per heavy atom. The molecular weight excluding hydrogens is 156 g/mol. The van der Waals surface area contributed by atoms with Crippen LogP contribution in [0, 0.1) is 0 Å². The van der Waals surface area contributed by atoms with Crippen molar-refractivity contribution in [3.8, 4) is 0 Å². The third-order valence-electron chi connectivity index (χ3n) is 2.17. The normalized spacial score (nSPS) is 29.0. The van der Waals surface area contributed by atoms with E-state index in [0.29, 0.717) is 6.42 Å². The van der Waals surface area contributed by atoms with Crippen molar-refractivity contribution >= 4 is 5.97 Å². The summed E-state index contributed by atoms with van der Waals surface area (Å²) in [7, 11) is 0. The number of hydrogen-bond acceptors (Lipinski definition) is 3. The van der Waals surface area contributed by atoms with Gasteiger partial charge in [0, 0.05) is 6.42 Å². The minimum Gasteiger partial charge on any atom is -0.460 e. The number of carbonyl (C=O) groups is 1. The molecule has 1 rings (SSSR count). The van der Waals surface area contributed by atoms with E-state index in [1.54, 1.807) is 0 Å². The molecular formula is C9H16O3. The highest BCUT2D eigenvalue weighted by Gasteiger charge is 2.31. The number of unbranched alkanes of at least 4 members (excludes halogenated alkanes) is 2. The molecule has 0 radical (unpaired) electrons. The number of carbonyl (C=O) groups excluding carboxylic acids is 1. The van der Waals surface area contributed by atoms with Crippen LogP contribution in [0.2, 0.25) is 0 Å². The molecule has 0 aliphatic carbocycles. The molecule has 1 saturated heterocycles. The average molecular weight is 172 g/mol. The standard InChI is InChI=1S/C9H16O3/c1-2-3-4-5-7-6-8(10)9(11)12-7/h7-8,10H,2-6H2,1H3. The molecule has 0 bridgehead atoms. The number of hydrogen-bond donors (Lipinski definition) is 1. The van der Waals surface area contributed by atoms with E-state index in [9.17, 15) is 4.79 Å². The lowest BCUT2D eigenvalue weighted by Crippen LogP contribution is -2.11. The molecule has 1 aliphatic heterocycles. The summed E-state index contributed by atoms with van der Waals surface area (Å²) in [4.78, 5) is 10.7. The van der Waals surface area contributed by atoms with Crippen molar-refractivity contribution in [3.05, 3.63) is 0 Å². The van der Waals surface area contributed by atoms with Gasteiger partial charge in [-0.3, -0.25) is 0 Å². The van der Waals surface area contributed by atoms with Gasteiger partial charge < -0.3 is 9.84 Å². The second-order valence-electron chi connectivity index (χ2n) is 3.31. The number of aliphatic hydroxyl groups excluding tert-OH is 1. The van der Waals surface area contributed by atoms with Crippen LogP contribution in [-0.2, 0) is 9.53 Å². The predicted octanol–water partition coefficient (Wildman–Crippen LogP) is 1.24. The molecule has 2 atom stereocenters. The first-order valence-electron chi connectivity index (χ1n) is 4.62. The van der Waals surface area contributed by atoms with Crippen molar-refractivity contribution in [2.75, 3.05) is 0 Å². The van der Waals surface area contributed by atoms with E-state index in [1.165, 1.54) is 12.8 Å². The third-order valence-corrected chi connectivity index (χ3v) is 2.17. The van der Waals surface area contributed by atoms with Crippen LogP contribution in [0.25, 0.3) is 0 Å². The van der Waals surface area contributed by atoms with Gasteiger partial charge in [0.2, 0.25) is 0 Å². The van der Waals surface area contributed by atoms with Crippen molar-refractivity contribution in [1.82, 2.24) is 0 Å². The molecule has 1 fully saturated rings. The van der Waals surface area contributed by atoms with Gasteiger partial charge in [0.15, 0.2) is 6.10 Å². The van der Waals surface area contributed by atoms with E-state index < -0.39 is 12.1 Å². The van der Waals surface area contributed by atoms with Crippen LogP contribution in [0.5, 0.6) is 0 Å². The molecule has 0 saturated carbocycles. The highest BCUT2D eigenvalue weighted by Crippen LogP contribution is 2.19. The summed E-state index contributed by atoms with van der Waals surface area (Å²) in [6.07, 6.45) is 3.92. The second kappa shape index (κ2) is 4.45. The summed E-state index contributed by atoms with van der Waals surface area (Å²) in [5, 5.41) is 9.05. The summed E-state index contributed by atoms with van der Waals surface area (Å²) in [5.41, 5.74) is 0.